The number of carbonyl (C=O) groups is 1. The van der Waals surface area contributed by atoms with Gasteiger partial charge < -0.3 is 15.0 Å². The first-order valence-corrected chi connectivity index (χ1v) is 7.13. The molecule has 1 aromatic rings. The van der Waals surface area contributed by atoms with Crippen molar-refractivity contribution < 1.29 is 18.3 Å². The van der Waals surface area contributed by atoms with Crippen LogP contribution in [0.5, 0.6) is 0 Å². The van der Waals surface area contributed by atoms with E-state index < -0.39 is 23.6 Å². The summed E-state index contributed by atoms with van der Waals surface area (Å²) in [6, 6.07) is 2.80. The Morgan fingerprint density at radius 1 is 1.41 bits per heavy atom. The average Bonchev–Trinajstić information content (AvgIpc) is 2.49. The second-order valence-electron chi connectivity index (χ2n) is 4.79. The van der Waals surface area contributed by atoms with Gasteiger partial charge in [-0.2, -0.15) is 0 Å². The third-order valence-electron chi connectivity index (χ3n) is 3.59. The largest absolute Gasteiger partial charge is 0.466 e. The lowest BCUT2D eigenvalue weighted by Crippen LogP contribution is -2.47. The molecule has 0 saturated carbocycles. The van der Waals surface area contributed by atoms with Gasteiger partial charge in [0.15, 0.2) is 16.7 Å². The summed E-state index contributed by atoms with van der Waals surface area (Å²) in [5, 5.41) is 3.40. The second-order valence-corrected chi connectivity index (χ2v) is 5.18. The fraction of sp³-hybridized carbons (Fsp3) is 0.333. The zero-order valence-electron chi connectivity index (χ0n) is 12.4. The molecule has 0 aliphatic carbocycles. The molecule has 0 aromatic heterocycles. The highest BCUT2D eigenvalue weighted by molar-refractivity contribution is 7.80. The first-order chi connectivity index (χ1) is 10.4. The SMILES string of the molecule is CCN1C(=S)N[C@H](c2ccc(F)c(F)c2)C(C(=O)OC)=C1C. The normalized spacial score (nSPS) is 18.3. The molecule has 1 aliphatic heterocycles. The van der Waals surface area contributed by atoms with Gasteiger partial charge in [-0.15, -0.1) is 0 Å². The van der Waals surface area contributed by atoms with Crippen LogP contribution in [0.1, 0.15) is 25.5 Å². The summed E-state index contributed by atoms with van der Waals surface area (Å²) in [4.78, 5) is 13.9. The molecule has 1 heterocycles. The highest BCUT2D eigenvalue weighted by atomic mass is 32.1. The minimum atomic E-state index is -0.981. The lowest BCUT2D eigenvalue weighted by molar-refractivity contribution is -0.136. The average molecular weight is 326 g/mol. The molecule has 0 amide bonds. The number of hydrogen-bond donors (Lipinski definition) is 1. The van der Waals surface area contributed by atoms with Gasteiger partial charge >= 0.3 is 5.97 Å². The number of ether oxygens (including phenoxy) is 1. The molecule has 118 valence electrons. The molecular weight excluding hydrogens is 310 g/mol. The van der Waals surface area contributed by atoms with Gasteiger partial charge in [0.2, 0.25) is 0 Å². The van der Waals surface area contributed by atoms with Gasteiger partial charge in [-0.3, -0.25) is 0 Å². The van der Waals surface area contributed by atoms with Crippen LogP contribution >= 0.6 is 12.2 Å². The minimum absolute atomic E-state index is 0.323. The molecule has 4 nitrogen and oxygen atoms in total. The number of esters is 1. The van der Waals surface area contributed by atoms with Crippen molar-refractivity contribution in [3.63, 3.8) is 0 Å². The van der Waals surface area contributed by atoms with Gasteiger partial charge in [0.1, 0.15) is 0 Å². The molecule has 1 aromatic carbocycles. The van der Waals surface area contributed by atoms with E-state index in [1.807, 2.05) is 6.92 Å². The molecule has 1 aliphatic rings. The fourth-order valence-electron chi connectivity index (χ4n) is 2.48. The van der Waals surface area contributed by atoms with Crippen LogP contribution in [0.25, 0.3) is 0 Å². The predicted molar refractivity (Wildman–Crippen MR) is 81.9 cm³/mol. The van der Waals surface area contributed by atoms with Crippen LogP contribution < -0.4 is 5.32 Å². The lowest BCUT2D eigenvalue weighted by Gasteiger charge is -2.36. The van der Waals surface area contributed by atoms with Crippen molar-refractivity contribution in [1.82, 2.24) is 10.2 Å². The van der Waals surface area contributed by atoms with Gasteiger partial charge in [-0.05, 0) is 43.8 Å². The quantitative estimate of drug-likeness (QED) is 0.683. The molecule has 7 heteroatoms. The summed E-state index contributed by atoms with van der Waals surface area (Å²) in [6.07, 6.45) is 0. The molecule has 2 rings (SSSR count). The smallest absolute Gasteiger partial charge is 0.337 e. The van der Waals surface area contributed by atoms with Crippen molar-refractivity contribution >= 4 is 23.3 Å². The van der Waals surface area contributed by atoms with Crippen LogP contribution in [0.2, 0.25) is 0 Å². The number of hydrogen-bond acceptors (Lipinski definition) is 3. The van der Waals surface area contributed by atoms with Crippen molar-refractivity contribution in [1.29, 1.82) is 0 Å². The molecule has 22 heavy (non-hydrogen) atoms. The maximum absolute atomic E-state index is 13.5. The fourth-order valence-corrected chi connectivity index (χ4v) is 2.86. The van der Waals surface area contributed by atoms with Crippen molar-refractivity contribution in [2.45, 2.75) is 19.9 Å². The van der Waals surface area contributed by atoms with Crippen molar-refractivity contribution in [2.75, 3.05) is 13.7 Å². The maximum atomic E-state index is 13.5. The van der Waals surface area contributed by atoms with E-state index in [0.29, 0.717) is 28.5 Å². The number of methoxy groups -OCH3 is 1. The number of benzene rings is 1. The number of thiocarbonyl (C=S) groups is 1. The number of allylic oxidation sites excluding steroid dienone is 1. The second kappa shape index (κ2) is 6.39. The number of nitrogens with zero attached hydrogens (tertiary/aromatic N) is 1. The van der Waals surface area contributed by atoms with Gasteiger partial charge in [-0.25, -0.2) is 13.6 Å². The Labute approximate surface area is 132 Å². The molecule has 1 N–H and O–H groups in total. The van der Waals surface area contributed by atoms with Gasteiger partial charge in [-0.1, -0.05) is 6.07 Å². The number of carbonyl (C=O) groups excluding carboxylic acids is 1. The lowest BCUT2D eigenvalue weighted by atomic mass is 9.95. The van der Waals surface area contributed by atoms with Crippen LogP contribution in [-0.4, -0.2) is 29.6 Å². The zero-order chi connectivity index (χ0) is 16.4. The predicted octanol–water partition coefficient (Wildman–Crippen LogP) is 2.66. The third-order valence-corrected chi connectivity index (χ3v) is 3.93. The van der Waals surface area contributed by atoms with Gasteiger partial charge in [0.25, 0.3) is 0 Å². The minimum Gasteiger partial charge on any atom is -0.466 e. The van der Waals surface area contributed by atoms with E-state index in [-0.39, 0.29) is 0 Å². The Balaban J connectivity index is 2.57. The van der Waals surface area contributed by atoms with E-state index in [1.54, 1.807) is 11.8 Å². The van der Waals surface area contributed by atoms with Gasteiger partial charge in [0, 0.05) is 12.2 Å². The molecule has 0 bridgehead atoms. The number of halogens is 2. The Morgan fingerprint density at radius 2 is 2.09 bits per heavy atom. The van der Waals surface area contributed by atoms with E-state index >= 15 is 0 Å². The van der Waals surface area contributed by atoms with Crippen molar-refractivity contribution in [3.05, 3.63) is 46.7 Å². The van der Waals surface area contributed by atoms with Crippen molar-refractivity contribution in [2.24, 2.45) is 0 Å². The number of nitrogens with one attached hydrogen (secondary N) is 1. The van der Waals surface area contributed by atoms with Crippen LogP contribution in [0.4, 0.5) is 8.78 Å². The topological polar surface area (TPSA) is 41.6 Å². The van der Waals surface area contributed by atoms with E-state index in [0.717, 1.165) is 12.1 Å². The first-order valence-electron chi connectivity index (χ1n) is 6.72. The third kappa shape index (κ3) is 2.81. The van der Waals surface area contributed by atoms with Crippen LogP contribution in [0.15, 0.2) is 29.5 Å². The molecule has 0 radical (unpaired) electrons. The van der Waals surface area contributed by atoms with E-state index in [1.165, 1.54) is 13.2 Å². The Hall–Kier alpha value is -2.02. The monoisotopic (exact) mass is 326 g/mol. The first kappa shape index (κ1) is 16.4. The zero-order valence-corrected chi connectivity index (χ0v) is 13.3. The molecule has 0 fully saturated rings. The van der Waals surface area contributed by atoms with Crippen molar-refractivity contribution in [3.8, 4) is 0 Å². The van der Waals surface area contributed by atoms with Gasteiger partial charge in [0.05, 0.1) is 18.7 Å². The van der Waals surface area contributed by atoms with E-state index in [2.05, 4.69) is 5.32 Å². The van der Waals surface area contributed by atoms with E-state index in [9.17, 15) is 13.6 Å². The van der Waals surface area contributed by atoms with Crippen LogP contribution in [0.3, 0.4) is 0 Å². The molecular formula is C15H16F2N2O2S. The molecule has 1 atom stereocenters. The summed E-state index contributed by atoms with van der Waals surface area (Å²) in [5.41, 5.74) is 1.36. The molecule has 0 spiro atoms. The highest BCUT2D eigenvalue weighted by Crippen LogP contribution is 2.31. The maximum Gasteiger partial charge on any atom is 0.337 e. The molecule has 0 saturated heterocycles. The summed E-state index contributed by atoms with van der Waals surface area (Å²) in [5.74, 6) is -2.47. The Bertz CT molecular complexity index is 661. The summed E-state index contributed by atoms with van der Waals surface area (Å²) in [6.45, 7) is 4.21. The summed E-state index contributed by atoms with van der Waals surface area (Å²) >= 11 is 5.28. The van der Waals surface area contributed by atoms with Crippen LogP contribution in [-0.2, 0) is 9.53 Å². The highest BCUT2D eigenvalue weighted by Gasteiger charge is 2.34. The van der Waals surface area contributed by atoms with E-state index in [4.69, 9.17) is 17.0 Å². The Kier molecular flexibility index (Phi) is 4.75. The molecule has 0 unspecified atom stereocenters. The Morgan fingerprint density at radius 3 is 2.64 bits per heavy atom. The number of rotatable bonds is 3. The van der Waals surface area contributed by atoms with Crippen LogP contribution in [0, 0.1) is 11.6 Å². The standard InChI is InChI=1S/C15H16F2N2O2S/c1-4-19-8(2)12(14(20)21-3)13(18-15(19)22)9-5-6-10(16)11(17)7-9/h5-7,13H,4H2,1-3H3,(H,18,22)/t13-/m1/s1. The summed E-state index contributed by atoms with van der Waals surface area (Å²) in [7, 11) is 1.27. The summed E-state index contributed by atoms with van der Waals surface area (Å²) < 4.78 is 31.4.